The van der Waals surface area contributed by atoms with Crippen LogP contribution in [-0.2, 0) is 0 Å². The Morgan fingerprint density at radius 2 is 2.19 bits per heavy atom. The minimum absolute atomic E-state index is 0.00283. The number of rotatable bonds is 4. The lowest BCUT2D eigenvalue weighted by molar-refractivity contribution is 0.0320. The zero-order valence-electron chi connectivity index (χ0n) is 8.04. The highest BCUT2D eigenvalue weighted by Gasteiger charge is 2.23. The topological polar surface area (TPSA) is 90.7 Å². The lowest BCUT2D eigenvalue weighted by Gasteiger charge is -2.17. The molecule has 0 aliphatic rings. The molecule has 1 aromatic heterocycles. The Bertz CT molecular complexity index is 401. The second-order valence-electron chi connectivity index (χ2n) is 3.09. The summed E-state index contributed by atoms with van der Waals surface area (Å²) < 4.78 is 0. The van der Waals surface area contributed by atoms with Crippen LogP contribution >= 0.6 is 24.2 Å². The smallest absolute Gasteiger partial charge is 0.336 e. The number of aromatic nitrogens is 1. The molecular weight excluding hydrogens is 254 g/mol. The minimum atomic E-state index is -1.35. The summed E-state index contributed by atoms with van der Waals surface area (Å²) in [4.78, 5) is 14.6. The monoisotopic (exact) mass is 263 g/mol. The first-order valence-electron chi connectivity index (χ1n) is 4.33. The first-order chi connectivity index (χ1) is 7.47. The van der Waals surface area contributed by atoms with Crippen molar-refractivity contribution < 1.29 is 20.1 Å². The predicted molar refractivity (Wildman–Crippen MR) is 61.0 cm³/mol. The lowest BCUT2D eigenvalue weighted by atomic mass is 10.0. The SMILES string of the molecule is O=C(O)c1cc(Cl)ncc1C(O)C(O)CS. The summed E-state index contributed by atoms with van der Waals surface area (Å²) in [7, 11) is 0. The van der Waals surface area contributed by atoms with Crippen molar-refractivity contribution in [2.75, 3.05) is 5.75 Å². The molecule has 0 bridgehead atoms. The van der Waals surface area contributed by atoms with Gasteiger partial charge in [0.2, 0.25) is 0 Å². The van der Waals surface area contributed by atoms with E-state index < -0.39 is 18.2 Å². The maximum atomic E-state index is 10.9. The zero-order chi connectivity index (χ0) is 12.3. The highest BCUT2D eigenvalue weighted by atomic mass is 35.5. The Kier molecular flexibility index (Phi) is 4.55. The normalized spacial score (nSPS) is 14.5. The largest absolute Gasteiger partial charge is 0.478 e. The van der Waals surface area contributed by atoms with Gasteiger partial charge in [-0.1, -0.05) is 11.6 Å². The molecule has 2 atom stereocenters. The van der Waals surface area contributed by atoms with Gasteiger partial charge in [0.15, 0.2) is 0 Å². The van der Waals surface area contributed by atoms with Crippen LogP contribution in [0.25, 0.3) is 0 Å². The number of thiol groups is 1. The van der Waals surface area contributed by atoms with Crippen LogP contribution in [0.2, 0.25) is 5.15 Å². The van der Waals surface area contributed by atoms with Crippen molar-refractivity contribution in [1.29, 1.82) is 0 Å². The van der Waals surface area contributed by atoms with E-state index in [0.29, 0.717) is 0 Å². The number of hydrogen-bond acceptors (Lipinski definition) is 5. The van der Waals surface area contributed by atoms with Crippen LogP contribution in [0.15, 0.2) is 12.3 Å². The van der Waals surface area contributed by atoms with Crippen molar-refractivity contribution in [3.63, 3.8) is 0 Å². The first kappa shape index (κ1) is 13.2. The molecule has 5 nitrogen and oxygen atoms in total. The van der Waals surface area contributed by atoms with Crippen LogP contribution < -0.4 is 0 Å². The van der Waals surface area contributed by atoms with Crippen LogP contribution in [-0.4, -0.2) is 38.1 Å². The van der Waals surface area contributed by atoms with Crippen LogP contribution in [0.4, 0.5) is 0 Å². The fraction of sp³-hybridized carbons (Fsp3) is 0.333. The zero-order valence-corrected chi connectivity index (χ0v) is 9.69. The number of aromatic carboxylic acids is 1. The van der Waals surface area contributed by atoms with Crippen LogP contribution in [0.1, 0.15) is 22.0 Å². The van der Waals surface area contributed by atoms with Gasteiger partial charge in [-0.2, -0.15) is 12.6 Å². The number of pyridine rings is 1. The van der Waals surface area contributed by atoms with Gasteiger partial charge >= 0.3 is 5.97 Å². The van der Waals surface area contributed by atoms with Crippen molar-refractivity contribution in [2.24, 2.45) is 0 Å². The summed E-state index contributed by atoms with van der Waals surface area (Å²) in [5, 5.41) is 27.9. The van der Waals surface area contributed by atoms with E-state index in [1.165, 1.54) is 0 Å². The quantitative estimate of drug-likeness (QED) is 0.476. The molecule has 0 aromatic carbocycles. The summed E-state index contributed by atoms with van der Waals surface area (Å²) in [6.07, 6.45) is -1.39. The molecule has 16 heavy (non-hydrogen) atoms. The maximum absolute atomic E-state index is 10.9. The van der Waals surface area contributed by atoms with Crippen molar-refractivity contribution in [2.45, 2.75) is 12.2 Å². The van der Waals surface area contributed by atoms with Crippen molar-refractivity contribution >= 4 is 30.2 Å². The molecular formula is C9H10ClNO4S. The van der Waals surface area contributed by atoms with E-state index in [-0.39, 0.29) is 22.0 Å². The third kappa shape index (κ3) is 2.85. The van der Waals surface area contributed by atoms with Gasteiger partial charge in [0.05, 0.1) is 11.7 Å². The van der Waals surface area contributed by atoms with E-state index in [2.05, 4.69) is 17.6 Å². The molecule has 88 valence electrons. The number of nitrogens with zero attached hydrogens (tertiary/aromatic N) is 1. The number of halogens is 1. The van der Waals surface area contributed by atoms with E-state index >= 15 is 0 Å². The maximum Gasteiger partial charge on any atom is 0.336 e. The van der Waals surface area contributed by atoms with Crippen molar-refractivity contribution in [1.82, 2.24) is 4.98 Å². The molecule has 2 unspecified atom stereocenters. The van der Waals surface area contributed by atoms with Gasteiger partial charge in [0.25, 0.3) is 0 Å². The van der Waals surface area contributed by atoms with E-state index in [1.54, 1.807) is 0 Å². The number of carboxylic acids is 1. The standard InChI is InChI=1S/C9H10ClNO4S/c10-7-1-4(9(14)15)5(2-11-7)8(13)6(12)3-16/h1-2,6,8,12-13,16H,3H2,(H,14,15). The van der Waals surface area contributed by atoms with Crippen molar-refractivity contribution in [3.05, 3.63) is 28.5 Å². The molecule has 1 rings (SSSR count). The fourth-order valence-corrected chi connectivity index (χ4v) is 1.53. The molecule has 0 saturated heterocycles. The van der Waals surface area contributed by atoms with Crippen LogP contribution in [0.3, 0.4) is 0 Å². The van der Waals surface area contributed by atoms with E-state index in [9.17, 15) is 15.0 Å². The van der Waals surface area contributed by atoms with Gasteiger partial charge in [-0.05, 0) is 6.07 Å². The third-order valence-electron chi connectivity index (χ3n) is 2.00. The third-order valence-corrected chi connectivity index (χ3v) is 2.58. The van der Waals surface area contributed by atoms with E-state index in [1.807, 2.05) is 0 Å². The number of aliphatic hydroxyl groups excluding tert-OH is 2. The molecule has 0 aliphatic carbocycles. The minimum Gasteiger partial charge on any atom is -0.478 e. The average Bonchev–Trinajstić information content (AvgIpc) is 2.26. The first-order valence-corrected chi connectivity index (χ1v) is 5.34. The molecule has 1 aromatic rings. The second-order valence-corrected chi connectivity index (χ2v) is 3.85. The Hall–Kier alpha value is -0.820. The lowest BCUT2D eigenvalue weighted by Crippen LogP contribution is -2.22. The molecule has 0 fully saturated rings. The molecule has 0 aliphatic heterocycles. The van der Waals surface area contributed by atoms with Gasteiger partial charge in [-0.25, -0.2) is 9.78 Å². The van der Waals surface area contributed by atoms with Crippen LogP contribution in [0.5, 0.6) is 0 Å². The highest BCUT2D eigenvalue weighted by Crippen LogP contribution is 2.23. The Labute approximate surface area is 102 Å². The number of aliphatic hydroxyl groups is 2. The average molecular weight is 264 g/mol. The Morgan fingerprint density at radius 3 is 2.69 bits per heavy atom. The summed E-state index contributed by atoms with van der Waals surface area (Å²) in [5.74, 6) is -1.24. The van der Waals surface area contributed by atoms with Gasteiger partial charge in [0, 0.05) is 17.5 Å². The summed E-state index contributed by atoms with van der Waals surface area (Å²) in [5.41, 5.74) is -0.174. The summed E-state index contributed by atoms with van der Waals surface area (Å²) in [6, 6.07) is 1.12. The molecule has 0 amide bonds. The van der Waals surface area contributed by atoms with Gasteiger partial charge < -0.3 is 15.3 Å². The second kappa shape index (κ2) is 5.49. The molecule has 1 heterocycles. The van der Waals surface area contributed by atoms with Gasteiger partial charge in [0.1, 0.15) is 11.3 Å². The molecule has 0 radical (unpaired) electrons. The Morgan fingerprint density at radius 1 is 1.56 bits per heavy atom. The fourth-order valence-electron chi connectivity index (χ4n) is 1.17. The molecule has 3 N–H and O–H groups in total. The van der Waals surface area contributed by atoms with Gasteiger partial charge in [-0.3, -0.25) is 0 Å². The number of hydrogen-bond donors (Lipinski definition) is 4. The van der Waals surface area contributed by atoms with Crippen LogP contribution in [0, 0.1) is 0 Å². The molecule has 7 heteroatoms. The highest BCUT2D eigenvalue weighted by molar-refractivity contribution is 7.80. The number of carbonyl (C=O) groups is 1. The molecule has 0 saturated carbocycles. The predicted octanol–water partition coefficient (Wildman–Crippen LogP) is 0.757. The Balaban J connectivity index is 3.17. The number of carboxylic acid groups (broad SMARTS) is 1. The van der Waals surface area contributed by atoms with E-state index in [0.717, 1.165) is 12.3 Å². The molecule has 0 spiro atoms. The summed E-state index contributed by atoms with van der Waals surface area (Å²) in [6.45, 7) is 0. The van der Waals surface area contributed by atoms with Gasteiger partial charge in [-0.15, -0.1) is 0 Å². The van der Waals surface area contributed by atoms with Crippen molar-refractivity contribution in [3.8, 4) is 0 Å². The summed E-state index contributed by atoms with van der Waals surface area (Å²) >= 11 is 9.35. The van der Waals surface area contributed by atoms with E-state index in [4.69, 9.17) is 16.7 Å².